The molecule has 1 atom stereocenters. The van der Waals surface area contributed by atoms with Crippen molar-refractivity contribution in [2.45, 2.75) is 39.8 Å². The Balaban J connectivity index is 1.90. The summed E-state index contributed by atoms with van der Waals surface area (Å²) in [6.07, 6.45) is 2.13. The first-order chi connectivity index (χ1) is 18.2. The number of nitrogens with two attached hydrogens (primary N) is 1. The summed E-state index contributed by atoms with van der Waals surface area (Å²) in [5.41, 5.74) is 6.52. The van der Waals surface area contributed by atoms with Crippen molar-refractivity contribution < 1.29 is 13.6 Å². The van der Waals surface area contributed by atoms with Gasteiger partial charge in [0.15, 0.2) is 11.6 Å². The Morgan fingerprint density at radius 3 is 2.45 bits per heavy atom. The van der Waals surface area contributed by atoms with Crippen LogP contribution in [0.25, 0.3) is 11.4 Å². The topological polar surface area (TPSA) is 89.9 Å². The lowest BCUT2D eigenvalue weighted by Gasteiger charge is -2.39. The van der Waals surface area contributed by atoms with Crippen molar-refractivity contribution >= 4 is 5.91 Å². The van der Waals surface area contributed by atoms with Crippen molar-refractivity contribution in [2.24, 2.45) is 11.1 Å². The molecule has 0 aliphatic carbocycles. The summed E-state index contributed by atoms with van der Waals surface area (Å²) in [6.45, 7) is 7.08. The summed E-state index contributed by atoms with van der Waals surface area (Å²) in [4.78, 5) is 24.6. The molecule has 0 saturated heterocycles. The molecule has 4 rings (SSSR count). The molecule has 2 N–H and O–H groups in total. The Morgan fingerprint density at radius 2 is 1.79 bits per heavy atom. The van der Waals surface area contributed by atoms with E-state index in [1.54, 1.807) is 34.0 Å². The van der Waals surface area contributed by atoms with Gasteiger partial charge in [-0.1, -0.05) is 57.2 Å². The molecule has 38 heavy (non-hydrogen) atoms. The summed E-state index contributed by atoms with van der Waals surface area (Å²) >= 11 is 0. The van der Waals surface area contributed by atoms with Crippen molar-refractivity contribution in [1.82, 2.24) is 24.6 Å². The minimum atomic E-state index is -0.633. The number of carbonyl (C=O) groups is 1. The smallest absolute Gasteiger partial charge is 0.273 e. The minimum Gasteiger partial charge on any atom is -0.330 e. The lowest BCUT2D eigenvalue weighted by Crippen LogP contribution is -2.44. The molecular weight excluding hydrogens is 486 g/mol. The van der Waals surface area contributed by atoms with Crippen LogP contribution in [-0.4, -0.2) is 43.6 Å². The zero-order valence-corrected chi connectivity index (χ0v) is 21.8. The predicted molar refractivity (Wildman–Crippen MR) is 142 cm³/mol. The molecule has 0 fully saturated rings. The minimum absolute atomic E-state index is 0.0460. The van der Waals surface area contributed by atoms with Gasteiger partial charge < -0.3 is 10.6 Å². The Morgan fingerprint density at radius 1 is 1.05 bits per heavy atom. The van der Waals surface area contributed by atoms with Crippen molar-refractivity contribution in [3.05, 3.63) is 102 Å². The molecule has 0 spiro atoms. The molecule has 2 heterocycles. The number of nitrogens with zero attached hydrogens (tertiary/aromatic N) is 5. The first-order valence-corrected chi connectivity index (χ1v) is 12.5. The molecule has 0 bridgehead atoms. The van der Waals surface area contributed by atoms with Crippen molar-refractivity contribution in [1.29, 1.82) is 0 Å². The second-order valence-corrected chi connectivity index (χ2v) is 10.2. The van der Waals surface area contributed by atoms with E-state index in [1.165, 1.54) is 0 Å². The largest absolute Gasteiger partial charge is 0.330 e. The summed E-state index contributed by atoms with van der Waals surface area (Å²) in [5, 5.41) is 4.63. The van der Waals surface area contributed by atoms with Crippen LogP contribution in [0, 0.1) is 17.0 Å². The zero-order valence-electron chi connectivity index (χ0n) is 21.8. The maximum Gasteiger partial charge on any atom is 0.273 e. The van der Waals surface area contributed by atoms with E-state index in [9.17, 15) is 13.6 Å². The lowest BCUT2D eigenvalue weighted by molar-refractivity contribution is 0.0474. The Kier molecular flexibility index (Phi) is 8.26. The predicted octanol–water partition coefficient (Wildman–Crippen LogP) is 5.25. The van der Waals surface area contributed by atoms with Crippen LogP contribution in [0.2, 0.25) is 0 Å². The van der Waals surface area contributed by atoms with Crippen molar-refractivity contribution in [2.75, 3.05) is 13.1 Å². The molecule has 7 nitrogen and oxygen atoms in total. The van der Waals surface area contributed by atoms with E-state index in [0.717, 1.165) is 23.8 Å². The van der Waals surface area contributed by atoms with E-state index in [4.69, 9.17) is 10.7 Å². The zero-order chi connectivity index (χ0) is 27.3. The summed E-state index contributed by atoms with van der Waals surface area (Å²) in [7, 11) is 0. The highest BCUT2D eigenvalue weighted by atomic mass is 19.1. The van der Waals surface area contributed by atoms with Gasteiger partial charge in [-0.05, 0) is 54.3 Å². The number of halogens is 2. The first-order valence-electron chi connectivity index (χ1n) is 12.5. The number of hydrogen-bond donors (Lipinski definition) is 1. The number of aromatic nitrogens is 4. The van der Waals surface area contributed by atoms with Gasteiger partial charge in [-0.2, -0.15) is 5.10 Å². The van der Waals surface area contributed by atoms with E-state index in [-0.39, 0.29) is 17.3 Å². The average molecular weight is 519 g/mol. The molecule has 0 aliphatic heterocycles. The van der Waals surface area contributed by atoms with E-state index in [2.05, 4.69) is 10.1 Å². The van der Waals surface area contributed by atoms with Crippen LogP contribution in [0.5, 0.6) is 0 Å². The monoisotopic (exact) mass is 518 g/mol. The van der Waals surface area contributed by atoms with Crippen LogP contribution >= 0.6 is 0 Å². The third-order valence-electron chi connectivity index (χ3n) is 6.17. The van der Waals surface area contributed by atoms with Crippen LogP contribution in [0.15, 0.2) is 72.9 Å². The van der Waals surface area contributed by atoms with E-state index >= 15 is 0 Å². The number of carbonyl (C=O) groups excluding carboxylic acids is 1. The summed E-state index contributed by atoms with van der Waals surface area (Å²) in [6, 6.07) is 17.4. The van der Waals surface area contributed by atoms with E-state index < -0.39 is 23.1 Å². The Hall–Kier alpha value is -3.98. The van der Waals surface area contributed by atoms with Gasteiger partial charge in [0.05, 0.1) is 18.2 Å². The lowest BCUT2D eigenvalue weighted by atomic mass is 9.84. The Labute approximate surface area is 221 Å². The normalized spacial score (nSPS) is 12.4. The highest BCUT2D eigenvalue weighted by molar-refractivity contribution is 5.92. The van der Waals surface area contributed by atoms with Gasteiger partial charge >= 0.3 is 0 Å². The molecule has 4 aromatic rings. The molecule has 2 aromatic carbocycles. The molecule has 0 unspecified atom stereocenters. The van der Waals surface area contributed by atoms with Crippen LogP contribution in [0.4, 0.5) is 8.78 Å². The number of pyridine rings is 1. The average Bonchev–Trinajstić information content (AvgIpc) is 3.30. The maximum absolute atomic E-state index is 14.8. The number of rotatable bonds is 9. The SMILES string of the molecule is CC(C)(C)[C@H](c1nc(-c2cc(F)ccc2F)nn1Cc1ccccc1)N(CCCN)C(=O)c1ccccn1. The Bertz CT molecular complexity index is 1370. The second-order valence-electron chi connectivity index (χ2n) is 10.2. The third kappa shape index (κ3) is 6.11. The number of benzene rings is 2. The fourth-order valence-electron chi connectivity index (χ4n) is 4.45. The van der Waals surface area contributed by atoms with Gasteiger partial charge in [0, 0.05) is 12.7 Å². The maximum atomic E-state index is 14.8. The highest BCUT2D eigenvalue weighted by Crippen LogP contribution is 2.39. The first kappa shape index (κ1) is 27.1. The fourth-order valence-corrected chi connectivity index (χ4v) is 4.45. The second kappa shape index (κ2) is 11.6. The van der Waals surface area contributed by atoms with E-state index in [0.29, 0.717) is 37.6 Å². The van der Waals surface area contributed by atoms with Gasteiger partial charge in [-0.25, -0.2) is 18.4 Å². The number of amides is 1. The van der Waals surface area contributed by atoms with Gasteiger partial charge in [0.25, 0.3) is 5.91 Å². The van der Waals surface area contributed by atoms with Crippen LogP contribution in [0.1, 0.15) is 55.1 Å². The highest BCUT2D eigenvalue weighted by Gasteiger charge is 2.39. The number of hydrogen-bond acceptors (Lipinski definition) is 5. The van der Waals surface area contributed by atoms with Crippen LogP contribution in [-0.2, 0) is 6.54 Å². The van der Waals surface area contributed by atoms with Gasteiger partial charge in [-0.3, -0.25) is 9.78 Å². The molecule has 0 saturated carbocycles. The standard InChI is InChI=1S/C29H32F2N6O/c1-29(2,3)25(36(17-9-15-32)28(38)24-12-7-8-16-33-24)27-34-26(22-18-21(30)13-14-23(22)31)35-37(27)19-20-10-5-4-6-11-20/h4-8,10-14,16,18,25H,9,15,17,19,32H2,1-3H3/t25-/m0/s1. The summed E-state index contributed by atoms with van der Waals surface area (Å²) in [5.74, 6) is -0.990. The van der Waals surface area contributed by atoms with Gasteiger partial charge in [0.1, 0.15) is 17.3 Å². The molecule has 0 radical (unpaired) electrons. The van der Waals surface area contributed by atoms with Crippen molar-refractivity contribution in [3.8, 4) is 11.4 Å². The fraction of sp³-hybridized carbons (Fsp3) is 0.310. The molecule has 9 heteroatoms. The quantitative estimate of drug-likeness (QED) is 0.327. The van der Waals surface area contributed by atoms with Crippen molar-refractivity contribution in [3.63, 3.8) is 0 Å². The van der Waals surface area contributed by atoms with E-state index in [1.807, 2.05) is 51.1 Å². The molecule has 0 aliphatic rings. The molecular formula is C29H32F2N6O. The summed E-state index contributed by atoms with van der Waals surface area (Å²) < 4.78 is 30.6. The van der Waals surface area contributed by atoms with Gasteiger partial charge in [0.2, 0.25) is 0 Å². The van der Waals surface area contributed by atoms with Gasteiger partial charge in [-0.15, -0.1) is 0 Å². The van der Waals surface area contributed by atoms with Crippen LogP contribution in [0.3, 0.4) is 0 Å². The van der Waals surface area contributed by atoms with Crippen LogP contribution < -0.4 is 5.73 Å². The molecule has 2 aromatic heterocycles. The molecule has 1 amide bonds. The third-order valence-corrected chi connectivity index (χ3v) is 6.17. The molecule has 198 valence electrons.